The molecule has 3 heteroatoms. The maximum atomic E-state index is 6.58. The molecule has 0 atom stereocenters. The molecule has 0 bridgehead atoms. The van der Waals surface area contributed by atoms with Gasteiger partial charge in [0.25, 0.3) is 0 Å². The maximum absolute atomic E-state index is 6.58. The van der Waals surface area contributed by atoms with Crippen molar-refractivity contribution < 1.29 is 0 Å². The average molecular weight is 257 g/mol. The molecular weight excluding hydrogens is 234 g/mol. The largest absolute Gasteiger partial charge is 0.325 e. The van der Waals surface area contributed by atoms with Crippen LogP contribution in [-0.4, -0.2) is 15.3 Å². The van der Waals surface area contributed by atoms with E-state index in [0.29, 0.717) is 0 Å². The molecule has 3 rings (SSSR count). The normalized spacial score (nSPS) is 18.8. The molecule has 0 amide bonds. The van der Waals surface area contributed by atoms with Crippen molar-refractivity contribution in [2.75, 3.05) is 0 Å². The highest BCUT2D eigenvalue weighted by atomic mass is 15.3. The monoisotopic (exact) mass is 257 g/mol. The minimum absolute atomic E-state index is 0.0338. The SMILES string of the molecule is CCn1nc(CC2(N)CCCCC2)c2ccccc21. The topological polar surface area (TPSA) is 43.8 Å². The number of hydrogen-bond donors (Lipinski definition) is 1. The summed E-state index contributed by atoms with van der Waals surface area (Å²) in [5, 5.41) is 6.06. The minimum atomic E-state index is -0.0338. The van der Waals surface area contributed by atoms with Crippen molar-refractivity contribution in [3.63, 3.8) is 0 Å². The van der Waals surface area contributed by atoms with E-state index in [1.54, 1.807) is 0 Å². The van der Waals surface area contributed by atoms with Gasteiger partial charge in [-0.1, -0.05) is 37.5 Å². The number of nitrogens with zero attached hydrogens (tertiary/aromatic N) is 2. The van der Waals surface area contributed by atoms with Crippen LogP contribution in [0.25, 0.3) is 10.9 Å². The van der Waals surface area contributed by atoms with Gasteiger partial charge in [-0.3, -0.25) is 4.68 Å². The van der Waals surface area contributed by atoms with Crippen LogP contribution in [0.15, 0.2) is 24.3 Å². The van der Waals surface area contributed by atoms with Crippen LogP contribution in [0, 0.1) is 0 Å². The number of aryl methyl sites for hydroxylation is 1. The van der Waals surface area contributed by atoms with E-state index in [4.69, 9.17) is 10.8 Å². The molecule has 1 fully saturated rings. The number of rotatable bonds is 3. The Morgan fingerprint density at radius 2 is 1.95 bits per heavy atom. The van der Waals surface area contributed by atoms with Gasteiger partial charge in [-0.2, -0.15) is 5.10 Å². The van der Waals surface area contributed by atoms with E-state index in [-0.39, 0.29) is 5.54 Å². The van der Waals surface area contributed by atoms with Gasteiger partial charge in [0.15, 0.2) is 0 Å². The quantitative estimate of drug-likeness (QED) is 0.917. The van der Waals surface area contributed by atoms with E-state index in [1.165, 1.54) is 35.9 Å². The summed E-state index contributed by atoms with van der Waals surface area (Å²) in [5.74, 6) is 0. The Bertz CT molecular complexity index is 564. The van der Waals surface area contributed by atoms with Gasteiger partial charge in [0.1, 0.15) is 0 Å². The van der Waals surface area contributed by atoms with E-state index in [1.807, 2.05) is 0 Å². The van der Waals surface area contributed by atoms with Crippen molar-refractivity contribution in [3.05, 3.63) is 30.0 Å². The molecule has 2 N–H and O–H groups in total. The van der Waals surface area contributed by atoms with Crippen molar-refractivity contribution in [1.82, 2.24) is 9.78 Å². The summed E-state index contributed by atoms with van der Waals surface area (Å²) in [6, 6.07) is 8.51. The minimum Gasteiger partial charge on any atom is -0.325 e. The third-order valence-electron chi connectivity index (χ3n) is 4.40. The Morgan fingerprint density at radius 3 is 2.68 bits per heavy atom. The summed E-state index contributed by atoms with van der Waals surface area (Å²) in [5.41, 5.74) is 8.97. The van der Waals surface area contributed by atoms with Gasteiger partial charge in [0, 0.05) is 23.9 Å². The molecule has 0 radical (unpaired) electrons. The fourth-order valence-corrected chi connectivity index (χ4v) is 3.33. The molecule has 1 aliphatic rings. The third kappa shape index (κ3) is 2.39. The third-order valence-corrected chi connectivity index (χ3v) is 4.40. The zero-order valence-corrected chi connectivity index (χ0v) is 11.7. The van der Waals surface area contributed by atoms with Crippen molar-refractivity contribution in [3.8, 4) is 0 Å². The van der Waals surface area contributed by atoms with Crippen LogP contribution in [0.5, 0.6) is 0 Å². The summed E-state index contributed by atoms with van der Waals surface area (Å²) in [4.78, 5) is 0. The summed E-state index contributed by atoms with van der Waals surface area (Å²) >= 11 is 0. The molecule has 102 valence electrons. The standard InChI is InChI=1S/C16H23N3/c1-2-19-15-9-5-4-8-13(15)14(18-19)12-16(17)10-6-3-7-11-16/h4-5,8-9H,2-3,6-7,10-12,17H2,1H3. The van der Waals surface area contributed by atoms with Crippen LogP contribution in [0.2, 0.25) is 0 Å². The van der Waals surface area contributed by atoms with Gasteiger partial charge in [0.05, 0.1) is 11.2 Å². The Morgan fingerprint density at radius 1 is 1.21 bits per heavy atom. The van der Waals surface area contributed by atoms with Crippen LogP contribution in [-0.2, 0) is 13.0 Å². The summed E-state index contributed by atoms with van der Waals surface area (Å²) in [7, 11) is 0. The number of nitrogens with two attached hydrogens (primary N) is 1. The van der Waals surface area contributed by atoms with E-state index < -0.39 is 0 Å². The number of para-hydroxylation sites is 1. The van der Waals surface area contributed by atoms with Crippen LogP contribution in [0.3, 0.4) is 0 Å². The number of benzene rings is 1. The highest BCUT2D eigenvalue weighted by Gasteiger charge is 2.29. The molecule has 2 aromatic rings. The smallest absolute Gasteiger partial charge is 0.0721 e. The predicted molar refractivity (Wildman–Crippen MR) is 79.1 cm³/mol. The molecule has 0 aliphatic heterocycles. The van der Waals surface area contributed by atoms with Crippen LogP contribution in [0.1, 0.15) is 44.7 Å². The van der Waals surface area contributed by atoms with Gasteiger partial charge in [-0.05, 0) is 25.8 Å². The summed E-state index contributed by atoms with van der Waals surface area (Å²) in [6.07, 6.45) is 7.07. The first-order valence-electron chi connectivity index (χ1n) is 7.45. The highest BCUT2D eigenvalue weighted by molar-refractivity contribution is 5.82. The molecule has 1 heterocycles. The maximum Gasteiger partial charge on any atom is 0.0721 e. The van der Waals surface area contributed by atoms with Gasteiger partial charge in [0.2, 0.25) is 0 Å². The number of fused-ring (bicyclic) bond motifs is 1. The van der Waals surface area contributed by atoms with Gasteiger partial charge in [-0.15, -0.1) is 0 Å². The molecule has 0 unspecified atom stereocenters. The zero-order valence-electron chi connectivity index (χ0n) is 11.7. The second-order valence-corrected chi connectivity index (χ2v) is 5.88. The van der Waals surface area contributed by atoms with Crippen molar-refractivity contribution >= 4 is 10.9 Å². The lowest BCUT2D eigenvalue weighted by Gasteiger charge is -2.32. The van der Waals surface area contributed by atoms with E-state index in [9.17, 15) is 0 Å². The lowest BCUT2D eigenvalue weighted by atomic mass is 9.79. The van der Waals surface area contributed by atoms with Crippen LogP contribution >= 0.6 is 0 Å². The Labute approximate surface area is 114 Å². The molecule has 0 saturated heterocycles. The molecule has 19 heavy (non-hydrogen) atoms. The van der Waals surface area contributed by atoms with Crippen molar-refractivity contribution in [2.24, 2.45) is 5.73 Å². The first-order valence-corrected chi connectivity index (χ1v) is 7.45. The molecule has 3 nitrogen and oxygen atoms in total. The van der Waals surface area contributed by atoms with Crippen LogP contribution in [0.4, 0.5) is 0 Å². The summed E-state index contributed by atoms with van der Waals surface area (Å²) < 4.78 is 2.09. The molecule has 1 aliphatic carbocycles. The lowest BCUT2D eigenvalue weighted by molar-refractivity contribution is 0.292. The van der Waals surface area contributed by atoms with Gasteiger partial charge < -0.3 is 5.73 Å². The highest BCUT2D eigenvalue weighted by Crippen LogP contribution is 2.31. The van der Waals surface area contributed by atoms with E-state index >= 15 is 0 Å². The Balaban J connectivity index is 1.96. The fourth-order valence-electron chi connectivity index (χ4n) is 3.33. The first-order chi connectivity index (χ1) is 9.22. The predicted octanol–water partition coefficient (Wildman–Crippen LogP) is 3.26. The van der Waals surface area contributed by atoms with Gasteiger partial charge >= 0.3 is 0 Å². The fraction of sp³-hybridized carbons (Fsp3) is 0.562. The van der Waals surface area contributed by atoms with Crippen molar-refractivity contribution in [1.29, 1.82) is 0 Å². The Hall–Kier alpha value is -1.35. The number of hydrogen-bond acceptors (Lipinski definition) is 2. The van der Waals surface area contributed by atoms with E-state index in [0.717, 1.165) is 25.8 Å². The van der Waals surface area contributed by atoms with Crippen molar-refractivity contribution in [2.45, 2.75) is 57.5 Å². The first kappa shape index (κ1) is 12.7. The molecule has 1 aromatic carbocycles. The summed E-state index contributed by atoms with van der Waals surface area (Å²) in [6.45, 7) is 3.06. The molecular formula is C16H23N3. The van der Waals surface area contributed by atoms with Crippen LogP contribution < -0.4 is 5.73 Å². The zero-order chi connectivity index (χ0) is 13.3. The molecule has 1 aromatic heterocycles. The second kappa shape index (κ2) is 4.97. The molecule has 0 spiro atoms. The average Bonchev–Trinajstić information content (AvgIpc) is 2.77. The Kier molecular flexibility index (Phi) is 3.31. The second-order valence-electron chi connectivity index (χ2n) is 5.88. The van der Waals surface area contributed by atoms with E-state index in [2.05, 4.69) is 35.9 Å². The molecule has 1 saturated carbocycles. The van der Waals surface area contributed by atoms with Gasteiger partial charge in [-0.25, -0.2) is 0 Å². The number of aromatic nitrogens is 2. The lowest BCUT2D eigenvalue weighted by Crippen LogP contribution is -2.43.